The Morgan fingerprint density at radius 3 is 2.55 bits per heavy atom. The van der Waals surface area contributed by atoms with E-state index in [0.717, 1.165) is 10.8 Å². The van der Waals surface area contributed by atoms with Gasteiger partial charge < -0.3 is 0 Å². The first-order chi connectivity index (χ1) is 13.3. The Labute approximate surface area is 150 Å². The number of nitrogens with zero attached hydrogens (tertiary/aromatic N) is 1. The molecular weight excluding hydrogens is 294 g/mol. The molecule has 1 unspecified atom stereocenters. The fraction of sp³-hybridized carbons (Fsp3) is 0.421. The summed E-state index contributed by atoms with van der Waals surface area (Å²) in [7, 11) is 0. The maximum atomic E-state index is 13.3. The molecule has 1 atom stereocenters. The SMILES string of the molecule is Cl.[2H]C1([2H])N(C(CCC)C(=O)c2ccc3ccccc3c2)C([2H])([2H])C([2H])([2H])C1([2H])[2H]. The van der Waals surface area contributed by atoms with Crippen LogP contribution in [0.15, 0.2) is 42.5 Å². The molecule has 1 heterocycles. The molecule has 0 aromatic heterocycles. The van der Waals surface area contributed by atoms with Gasteiger partial charge in [-0.3, -0.25) is 9.69 Å². The van der Waals surface area contributed by atoms with Gasteiger partial charge in [-0.25, -0.2) is 0 Å². The minimum Gasteiger partial charge on any atom is -0.293 e. The highest BCUT2D eigenvalue weighted by Crippen LogP contribution is 2.22. The Balaban J connectivity index is 0.00000320. The van der Waals surface area contributed by atoms with E-state index in [1.54, 1.807) is 25.1 Å². The summed E-state index contributed by atoms with van der Waals surface area (Å²) >= 11 is 0. The summed E-state index contributed by atoms with van der Waals surface area (Å²) in [5.41, 5.74) is 0.252. The number of fused-ring (bicyclic) bond motifs is 1. The lowest BCUT2D eigenvalue weighted by Crippen LogP contribution is -2.39. The molecule has 0 radical (unpaired) electrons. The van der Waals surface area contributed by atoms with Crippen LogP contribution in [0.4, 0.5) is 0 Å². The van der Waals surface area contributed by atoms with Crippen molar-refractivity contribution in [1.82, 2.24) is 4.90 Å². The summed E-state index contributed by atoms with van der Waals surface area (Å²) in [4.78, 5) is 13.8. The average molecular weight is 326 g/mol. The summed E-state index contributed by atoms with van der Waals surface area (Å²) in [6.07, 6.45) is -5.83. The molecule has 2 nitrogen and oxygen atoms in total. The number of benzene rings is 2. The van der Waals surface area contributed by atoms with Gasteiger partial charge in [0, 0.05) is 16.5 Å². The van der Waals surface area contributed by atoms with E-state index in [-0.39, 0.29) is 24.4 Å². The van der Waals surface area contributed by atoms with Gasteiger partial charge in [0.15, 0.2) is 5.78 Å². The van der Waals surface area contributed by atoms with E-state index in [9.17, 15) is 4.79 Å². The molecule has 1 saturated heterocycles. The maximum absolute atomic E-state index is 13.3. The molecule has 2 aromatic rings. The number of likely N-dealkylation sites (tertiary alicyclic amines) is 1. The molecule has 1 aliphatic heterocycles. The number of carbonyl (C=O) groups excluding carboxylic acids is 1. The molecule has 0 saturated carbocycles. The third-order valence-electron chi connectivity index (χ3n) is 3.63. The van der Waals surface area contributed by atoms with Crippen molar-refractivity contribution >= 4 is 29.0 Å². The number of Topliss-reactive ketones (excluding diaryl/α,β-unsaturated/α-hetero) is 1. The smallest absolute Gasteiger partial charge is 0.179 e. The van der Waals surface area contributed by atoms with Crippen molar-refractivity contribution in [3.8, 4) is 0 Å². The van der Waals surface area contributed by atoms with E-state index in [1.807, 2.05) is 24.3 Å². The molecule has 1 fully saturated rings. The van der Waals surface area contributed by atoms with Crippen molar-refractivity contribution in [3.05, 3.63) is 48.0 Å². The van der Waals surface area contributed by atoms with Gasteiger partial charge in [-0.1, -0.05) is 49.7 Å². The molecule has 1 aliphatic rings. The first kappa shape index (κ1) is 9.05. The fourth-order valence-electron chi connectivity index (χ4n) is 2.55. The molecule has 118 valence electrons. The van der Waals surface area contributed by atoms with Gasteiger partial charge in [-0.2, -0.15) is 0 Å². The van der Waals surface area contributed by atoms with Crippen LogP contribution in [0.2, 0.25) is 0 Å². The number of halogens is 1. The second-order valence-corrected chi connectivity index (χ2v) is 5.07. The summed E-state index contributed by atoms with van der Waals surface area (Å²) in [6.45, 7) is -4.29. The minimum absolute atomic E-state index is 0. The molecule has 0 amide bonds. The predicted molar refractivity (Wildman–Crippen MR) is 95.0 cm³/mol. The lowest BCUT2D eigenvalue weighted by molar-refractivity contribution is 0.0837. The topological polar surface area (TPSA) is 20.3 Å². The second-order valence-electron chi connectivity index (χ2n) is 5.07. The van der Waals surface area contributed by atoms with Crippen LogP contribution in [0.5, 0.6) is 0 Å². The van der Waals surface area contributed by atoms with Gasteiger partial charge in [-0.05, 0) is 49.0 Å². The van der Waals surface area contributed by atoms with Crippen LogP contribution >= 0.6 is 12.4 Å². The largest absolute Gasteiger partial charge is 0.293 e. The first-order valence-electron chi connectivity index (χ1n) is 11.1. The van der Waals surface area contributed by atoms with E-state index in [1.165, 1.54) is 0 Å². The number of hydrogen-bond acceptors (Lipinski definition) is 2. The van der Waals surface area contributed by atoms with Crippen LogP contribution < -0.4 is 0 Å². The predicted octanol–water partition coefficient (Wildman–Crippen LogP) is 4.71. The van der Waals surface area contributed by atoms with E-state index in [4.69, 9.17) is 11.0 Å². The van der Waals surface area contributed by atoms with Gasteiger partial charge >= 0.3 is 0 Å². The zero-order valence-electron chi connectivity index (χ0n) is 20.3. The summed E-state index contributed by atoms with van der Waals surface area (Å²) < 4.78 is 64.9. The Hall–Kier alpha value is -1.38. The van der Waals surface area contributed by atoms with Crippen molar-refractivity contribution < 1.29 is 15.8 Å². The van der Waals surface area contributed by atoms with Gasteiger partial charge in [0.25, 0.3) is 0 Å². The molecule has 0 N–H and O–H groups in total. The highest BCUT2D eigenvalue weighted by atomic mass is 35.5. The number of rotatable bonds is 5. The minimum atomic E-state index is -3.15. The first-order valence-corrected chi connectivity index (χ1v) is 7.13. The van der Waals surface area contributed by atoms with Crippen molar-refractivity contribution in [3.63, 3.8) is 0 Å². The van der Waals surface area contributed by atoms with Crippen LogP contribution in [0.1, 0.15) is 53.8 Å². The average Bonchev–Trinajstić information content (AvgIpc) is 2.72. The van der Waals surface area contributed by atoms with E-state index in [2.05, 4.69) is 0 Å². The van der Waals surface area contributed by atoms with Crippen molar-refractivity contribution in [2.45, 2.75) is 38.6 Å². The zero-order chi connectivity index (χ0) is 21.8. The normalized spacial score (nSPS) is 31.0. The van der Waals surface area contributed by atoms with E-state index < -0.39 is 37.6 Å². The van der Waals surface area contributed by atoms with Crippen LogP contribution in [-0.4, -0.2) is 29.7 Å². The third-order valence-corrected chi connectivity index (χ3v) is 3.63. The standard InChI is InChI=1S/C19H23NO.ClH/c1-2-7-18(20-12-5-6-13-20)19(21)17-11-10-15-8-3-4-9-16(15)14-17;/h3-4,8-11,14,18H,2,5-7,12-13H2,1H3;1H/i5D2,6D2,12D2,13D2;. The van der Waals surface area contributed by atoms with Gasteiger partial charge in [-0.15, -0.1) is 12.4 Å². The Morgan fingerprint density at radius 1 is 1.18 bits per heavy atom. The number of ketones is 1. The van der Waals surface area contributed by atoms with Gasteiger partial charge in [0.2, 0.25) is 0 Å². The van der Waals surface area contributed by atoms with Crippen molar-refractivity contribution in [2.24, 2.45) is 0 Å². The number of hydrogen-bond donors (Lipinski definition) is 0. The van der Waals surface area contributed by atoms with Crippen LogP contribution in [-0.2, 0) is 0 Å². The molecule has 0 aliphatic carbocycles. The fourth-order valence-corrected chi connectivity index (χ4v) is 2.55. The molecule has 0 spiro atoms. The molecular formula is C19H24ClNO. The molecule has 0 bridgehead atoms. The van der Waals surface area contributed by atoms with E-state index in [0.29, 0.717) is 11.3 Å². The highest BCUT2D eigenvalue weighted by Gasteiger charge is 2.28. The molecule has 2 aromatic carbocycles. The van der Waals surface area contributed by atoms with Crippen molar-refractivity contribution in [2.75, 3.05) is 13.0 Å². The Bertz CT molecular complexity index is 923. The third kappa shape index (κ3) is 3.50. The Kier molecular flexibility index (Phi) is 3.19. The Morgan fingerprint density at radius 2 is 1.86 bits per heavy atom. The maximum Gasteiger partial charge on any atom is 0.179 e. The summed E-state index contributed by atoms with van der Waals surface area (Å²) in [5, 5.41) is 1.71. The lowest BCUT2D eigenvalue weighted by Gasteiger charge is -2.26. The summed E-state index contributed by atoms with van der Waals surface area (Å²) in [5.74, 6) is -0.557. The quantitative estimate of drug-likeness (QED) is 0.742. The summed E-state index contributed by atoms with van der Waals surface area (Å²) in [6, 6.07) is 11.0. The van der Waals surface area contributed by atoms with Crippen LogP contribution in [0.3, 0.4) is 0 Å². The molecule has 3 rings (SSSR count). The second kappa shape index (κ2) is 7.75. The monoisotopic (exact) mass is 325 g/mol. The van der Waals surface area contributed by atoms with Crippen LogP contribution in [0.25, 0.3) is 10.8 Å². The highest BCUT2D eigenvalue weighted by molar-refractivity contribution is 6.03. The lowest BCUT2D eigenvalue weighted by atomic mass is 9.97. The zero-order valence-corrected chi connectivity index (χ0v) is 13.1. The van der Waals surface area contributed by atoms with Crippen LogP contribution in [0, 0.1) is 0 Å². The number of carbonyl (C=O) groups is 1. The van der Waals surface area contributed by atoms with Crippen molar-refractivity contribution in [1.29, 1.82) is 0 Å². The molecule has 22 heavy (non-hydrogen) atoms. The van der Waals surface area contributed by atoms with Gasteiger partial charge in [0.05, 0.1) is 6.04 Å². The molecule has 3 heteroatoms. The van der Waals surface area contributed by atoms with E-state index >= 15 is 0 Å². The van der Waals surface area contributed by atoms with Gasteiger partial charge in [0.1, 0.15) is 0 Å².